The van der Waals surface area contributed by atoms with Crippen molar-refractivity contribution < 1.29 is 42.1 Å². The summed E-state index contributed by atoms with van der Waals surface area (Å²) in [5.41, 5.74) is 4.46. The Morgan fingerprint density at radius 2 is 1.70 bits per heavy atom. The summed E-state index contributed by atoms with van der Waals surface area (Å²) < 4.78 is 53.6. The Morgan fingerprint density at radius 1 is 1.05 bits per heavy atom. The highest BCUT2D eigenvalue weighted by molar-refractivity contribution is 5.99. The molecule has 0 aromatic heterocycles. The lowest BCUT2D eigenvalue weighted by atomic mass is 9.73. The summed E-state index contributed by atoms with van der Waals surface area (Å²) >= 11 is 0. The predicted molar refractivity (Wildman–Crippen MR) is 139 cm³/mol. The van der Waals surface area contributed by atoms with Crippen LogP contribution in [0.5, 0.6) is 0 Å². The van der Waals surface area contributed by atoms with Crippen LogP contribution in [0.4, 0.5) is 29.3 Å². The van der Waals surface area contributed by atoms with Gasteiger partial charge in [-0.2, -0.15) is 0 Å². The number of benzene rings is 2. The molecule has 5 N–H and O–H groups in total. The van der Waals surface area contributed by atoms with Crippen LogP contribution < -0.4 is 16.4 Å². The van der Waals surface area contributed by atoms with Gasteiger partial charge < -0.3 is 30.9 Å². The fourth-order valence-electron chi connectivity index (χ4n) is 5.29. The number of carbonyl (C=O) groups is 3. The van der Waals surface area contributed by atoms with Crippen LogP contribution in [0, 0.1) is 11.7 Å². The zero-order chi connectivity index (χ0) is 28.9. The number of alkyl halides is 2. The smallest absolute Gasteiger partial charge is 0.408 e. The van der Waals surface area contributed by atoms with Gasteiger partial charge in [0.2, 0.25) is 11.8 Å². The maximum absolute atomic E-state index is 15.5. The van der Waals surface area contributed by atoms with Gasteiger partial charge in [0, 0.05) is 31.6 Å². The number of hydrogen-bond donors (Lipinski definition) is 4. The summed E-state index contributed by atoms with van der Waals surface area (Å²) in [4.78, 5) is 38.0. The van der Waals surface area contributed by atoms with Crippen LogP contribution in [-0.4, -0.2) is 48.3 Å². The first kappa shape index (κ1) is 29.2. The van der Waals surface area contributed by atoms with Gasteiger partial charge in [0.15, 0.2) is 5.82 Å². The average Bonchev–Trinajstić information content (AvgIpc) is 2.94. The minimum Gasteiger partial charge on any atom is -0.481 e. The van der Waals surface area contributed by atoms with Crippen molar-refractivity contribution in [2.75, 3.05) is 24.3 Å². The van der Waals surface area contributed by atoms with Crippen LogP contribution in [-0.2, 0) is 31.1 Å². The Hall–Kier alpha value is -3.80. The molecule has 40 heavy (non-hydrogen) atoms. The second-order valence-electron chi connectivity index (χ2n) is 10.3. The van der Waals surface area contributed by atoms with Gasteiger partial charge in [-0.15, -0.1) is 0 Å². The van der Waals surface area contributed by atoms with Gasteiger partial charge in [0.05, 0.1) is 16.8 Å². The molecule has 9 nitrogen and oxygen atoms in total. The molecular formula is C28H32F3N3O6. The van der Waals surface area contributed by atoms with Crippen molar-refractivity contribution >= 4 is 29.3 Å². The van der Waals surface area contributed by atoms with Crippen molar-refractivity contribution in [3.63, 3.8) is 0 Å². The molecule has 1 heterocycles. The summed E-state index contributed by atoms with van der Waals surface area (Å²) in [6, 6.07) is 10.1. The lowest BCUT2D eigenvalue weighted by molar-refractivity contribution is -0.148. The van der Waals surface area contributed by atoms with Gasteiger partial charge in [0.1, 0.15) is 12.6 Å². The third-order valence-corrected chi connectivity index (χ3v) is 7.71. The van der Waals surface area contributed by atoms with E-state index in [9.17, 15) is 28.3 Å². The maximum atomic E-state index is 15.5. The molecule has 2 aromatic rings. The number of anilines is 2. The zero-order valence-electron chi connectivity index (χ0n) is 21.8. The normalized spacial score (nSPS) is 19.3. The number of carboxylic acids is 1. The van der Waals surface area contributed by atoms with Crippen LogP contribution >= 0.6 is 0 Å². The van der Waals surface area contributed by atoms with E-state index < -0.39 is 65.6 Å². The largest absolute Gasteiger partial charge is 0.481 e. The zero-order valence-corrected chi connectivity index (χ0v) is 21.8. The van der Waals surface area contributed by atoms with E-state index in [2.05, 4.69) is 10.6 Å². The molecule has 2 aromatic carbocycles. The number of amides is 2. The molecular weight excluding hydrogens is 531 g/mol. The fraction of sp³-hybridized carbons (Fsp3) is 0.464. The number of hydrogen-bond acceptors (Lipinski definition) is 6. The Balaban J connectivity index is 1.52. The number of rotatable bonds is 8. The number of nitrogen functional groups attached to an aromatic ring is 1. The molecule has 4 rings (SSSR count). The monoisotopic (exact) mass is 563 g/mol. The van der Waals surface area contributed by atoms with Crippen molar-refractivity contribution in [1.29, 1.82) is 0 Å². The topological polar surface area (TPSA) is 140 Å². The first-order valence-corrected chi connectivity index (χ1v) is 13.1. The van der Waals surface area contributed by atoms with Crippen molar-refractivity contribution in [2.24, 2.45) is 5.92 Å². The van der Waals surface area contributed by atoms with Crippen molar-refractivity contribution in [3.05, 3.63) is 59.4 Å². The van der Waals surface area contributed by atoms with E-state index >= 15 is 4.39 Å². The Kier molecular flexibility index (Phi) is 8.87. The summed E-state index contributed by atoms with van der Waals surface area (Å²) in [6.45, 7) is 0.205. The molecule has 1 saturated carbocycles. The Morgan fingerprint density at radius 3 is 2.33 bits per heavy atom. The number of carbonyl (C=O) groups excluding carboxylic acids is 2. The van der Waals surface area contributed by atoms with E-state index in [1.165, 1.54) is 12.1 Å². The molecule has 0 radical (unpaired) electrons. The highest BCUT2D eigenvalue weighted by atomic mass is 19.3. The minimum atomic E-state index is -2.86. The second kappa shape index (κ2) is 12.2. The molecule has 1 saturated heterocycles. The van der Waals surface area contributed by atoms with Gasteiger partial charge >= 0.3 is 12.1 Å². The number of ether oxygens (including phenoxy) is 2. The van der Waals surface area contributed by atoms with Gasteiger partial charge in [-0.3, -0.25) is 9.59 Å². The van der Waals surface area contributed by atoms with E-state index in [0.29, 0.717) is 5.56 Å². The fourth-order valence-corrected chi connectivity index (χ4v) is 5.29. The minimum absolute atomic E-state index is 0.0317. The maximum Gasteiger partial charge on any atom is 0.408 e. The third-order valence-electron chi connectivity index (χ3n) is 7.71. The van der Waals surface area contributed by atoms with E-state index in [-0.39, 0.29) is 56.8 Å². The van der Waals surface area contributed by atoms with Gasteiger partial charge in [-0.05, 0) is 43.2 Å². The molecule has 1 aliphatic heterocycles. The van der Waals surface area contributed by atoms with Crippen molar-refractivity contribution in [1.82, 2.24) is 5.32 Å². The van der Waals surface area contributed by atoms with Crippen molar-refractivity contribution in [2.45, 2.75) is 62.5 Å². The highest BCUT2D eigenvalue weighted by Crippen LogP contribution is 2.41. The molecule has 0 bridgehead atoms. The molecule has 2 amide bonds. The first-order chi connectivity index (χ1) is 19.0. The van der Waals surface area contributed by atoms with Crippen LogP contribution in [0.1, 0.15) is 49.7 Å². The number of carboxylic acid groups (broad SMARTS) is 1. The second-order valence-corrected chi connectivity index (χ2v) is 10.3. The number of nitrogens with one attached hydrogen (secondary N) is 2. The quantitative estimate of drug-likeness (QED) is 0.344. The summed E-state index contributed by atoms with van der Waals surface area (Å²) in [6.07, 6.45) is -1.78. The van der Waals surface area contributed by atoms with Crippen molar-refractivity contribution in [3.8, 4) is 0 Å². The highest BCUT2D eigenvalue weighted by Gasteiger charge is 2.45. The molecule has 1 atom stereocenters. The van der Waals surface area contributed by atoms with Gasteiger partial charge in [-0.25, -0.2) is 18.0 Å². The Labute approximate surface area is 229 Å². The number of aliphatic carboxylic acids is 1. The molecule has 2 fully saturated rings. The molecule has 216 valence electrons. The van der Waals surface area contributed by atoms with Crippen LogP contribution in [0.15, 0.2) is 42.5 Å². The lowest BCUT2D eigenvalue weighted by Crippen LogP contribution is -2.50. The summed E-state index contributed by atoms with van der Waals surface area (Å²) in [7, 11) is 0. The molecule has 2 aliphatic rings. The first-order valence-electron chi connectivity index (χ1n) is 13.1. The van der Waals surface area contributed by atoms with E-state index in [0.717, 1.165) is 0 Å². The van der Waals surface area contributed by atoms with E-state index in [1.807, 2.05) is 0 Å². The lowest BCUT2D eigenvalue weighted by Gasteiger charge is -2.34. The SMILES string of the molecule is Nc1c(NC(=O)[C@@H](NC(=O)OCc2ccccc2)C2CCC(F)(F)CC2)ccc(C2(C(=O)O)CCOCC2)c1F. The molecule has 1 aliphatic carbocycles. The van der Waals surface area contributed by atoms with Crippen LogP contribution in [0.3, 0.4) is 0 Å². The van der Waals surface area contributed by atoms with Crippen LogP contribution in [0.2, 0.25) is 0 Å². The number of halogens is 3. The molecule has 12 heteroatoms. The van der Waals surface area contributed by atoms with Crippen LogP contribution in [0.25, 0.3) is 0 Å². The van der Waals surface area contributed by atoms with E-state index in [4.69, 9.17) is 15.2 Å². The molecule has 0 spiro atoms. The number of alkyl carbamates (subject to hydrolysis) is 1. The van der Waals surface area contributed by atoms with E-state index in [1.54, 1.807) is 30.3 Å². The third kappa shape index (κ3) is 6.49. The standard InChI is InChI=1S/C28H32F3N3O6/c29-21-19(27(25(36)37)12-14-39-15-13-27)6-7-20(22(21)32)33-24(35)23(18-8-10-28(30,31)11-9-18)34-26(38)40-16-17-4-2-1-3-5-17/h1-7,18,23H,8-16,32H2,(H,33,35)(H,34,38)(H,36,37)/t23-/m0/s1. The predicted octanol–water partition coefficient (Wildman–Crippen LogP) is 4.60. The average molecular weight is 564 g/mol. The summed E-state index contributed by atoms with van der Waals surface area (Å²) in [5.74, 6) is -6.47. The Bertz CT molecular complexity index is 1230. The van der Waals surface area contributed by atoms with Gasteiger partial charge in [-0.1, -0.05) is 36.4 Å². The summed E-state index contributed by atoms with van der Waals surface area (Å²) in [5, 5.41) is 14.9. The van der Waals surface area contributed by atoms with Gasteiger partial charge in [0.25, 0.3) is 0 Å². The number of nitrogens with two attached hydrogens (primary N) is 1. The molecule has 0 unspecified atom stereocenters.